The fraction of sp³-hybridized carbons (Fsp3) is 0.333. The Morgan fingerprint density at radius 1 is 1.21 bits per heavy atom. The van der Waals surface area contributed by atoms with Crippen molar-refractivity contribution >= 4 is 46.1 Å². The molecule has 1 aromatic heterocycles. The van der Waals surface area contributed by atoms with Crippen molar-refractivity contribution < 1.29 is 32.7 Å². The van der Waals surface area contributed by atoms with Crippen LogP contribution in [-0.2, 0) is 27.4 Å². The fourth-order valence-electron chi connectivity index (χ4n) is 4.71. The number of fused-ring (bicyclic) bond motifs is 1. The van der Waals surface area contributed by atoms with Gasteiger partial charge in [-0.05, 0) is 32.0 Å². The maximum atomic E-state index is 15.0. The zero-order valence-corrected chi connectivity index (χ0v) is 21.8. The first kappa shape index (κ1) is 27.3. The Balaban J connectivity index is 1.59. The summed E-state index contributed by atoms with van der Waals surface area (Å²) < 4.78 is 35.5. The average Bonchev–Trinajstić information content (AvgIpc) is 3.41. The normalized spacial score (nSPS) is 19.0. The molecule has 0 radical (unpaired) electrons. The van der Waals surface area contributed by atoms with E-state index in [0.29, 0.717) is 16.5 Å². The Bertz CT molecular complexity index is 1450. The zero-order chi connectivity index (χ0) is 27.8. The number of esters is 1. The maximum Gasteiger partial charge on any atom is 0.337 e. The van der Waals surface area contributed by atoms with E-state index in [-0.39, 0.29) is 48.0 Å². The number of halogens is 3. The van der Waals surface area contributed by atoms with Gasteiger partial charge in [0, 0.05) is 35.7 Å². The van der Waals surface area contributed by atoms with Gasteiger partial charge in [0.05, 0.1) is 29.8 Å². The Labute approximate surface area is 222 Å². The van der Waals surface area contributed by atoms with Gasteiger partial charge in [-0.1, -0.05) is 29.8 Å². The van der Waals surface area contributed by atoms with Crippen molar-refractivity contribution in [2.75, 3.05) is 13.7 Å². The summed E-state index contributed by atoms with van der Waals surface area (Å²) in [7, 11) is 1.24. The highest BCUT2D eigenvalue weighted by Gasteiger charge is 2.46. The molecule has 3 aromatic rings. The number of nitrogens with one attached hydrogen (secondary N) is 1. The number of alkyl halides is 1. The standard InChI is InChI=1S/C27H26ClF2N3O5/c1-15(34)19-12-32(21-9-16(26(37)38-3)7-8-18(19)21)13-23(35)33-14-27(2,30)10-22(33)25(36)31-11-17-5-4-6-20(28)24(17)29/h4-9,12,22H,10-11,13-14H2,1-3H3,(H,31,36)/t22-,27+/m0/s1. The second-order valence-corrected chi connectivity index (χ2v) is 9.94. The summed E-state index contributed by atoms with van der Waals surface area (Å²) >= 11 is 5.79. The number of hydrogen-bond acceptors (Lipinski definition) is 5. The number of likely N-dealkylation sites (tertiary alicyclic amines) is 1. The summed E-state index contributed by atoms with van der Waals surface area (Å²) in [5, 5.41) is 3.01. The minimum absolute atomic E-state index is 0.0926. The van der Waals surface area contributed by atoms with Crippen molar-refractivity contribution in [3.63, 3.8) is 0 Å². The molecule has 1 saturated heterocycles. The van der Waals surface area contributed by atoms with E-state index >= 15 is 4.39 Å². The number of amides is 2. The molecule has 2 amide bonds. The van der Waals surface area contributed by atoms with Crippen LogP contribution in [0.15, 0.2) is 42.6 Å². The number of ketones is 1. The van der Waals surface area contributed by atoms with Crippen LogP contribution in [0.4, 0.5) is 8.78 Å². The summed E-state index contributed by atoms with van der Waals surface area (Å²) in [5.41, 5.74) is -0.656. The van der Waals surface area contributed by atoms with Crippen LogP contribution >= 0.6 is 11.6 Å². The lowest BCUT2D eigenvalue weighted by Gasteiger charge is -2.24. The monoisotopic (exact) mass is 545 g/mol. The maximum absolute atomic E-state index is 15.0. The number of benzene rings is 2. The highest BCUT2D eigenvalue weighted by atomic mass is 35.5. The SMILES string of the molecule is COC(=O)c1ccc2c(C(C)=O)cn(CC(=O)N3C[C@](C)(F)C[C@H]3C(=O)NCc3cccc(Cl)c3F)c2c1. The predicted molar refractivity (Wildman–Crippen MR) is 136 cm³/mol. The quantitative estimate of drug-likeness (QED) is 0.356. The number of carbonyl (C=O) groups is 4. The molecule has 8 nitrogen and oxygen atoms in total. The van der Waals surface area contributed by atoms with Crippen LogP contribution in [0.5, 0.6) is 0 Å². The van der Waals surface area contributed by atoms with Gasteiger partial charge in [0.1, 0.15) is 24.1 Å². The summed E-state index contributed by atoms with van der Waals surface area (Å²) in [5.74, 6) is -2.69. The summed E-state index contributed by atoms with van der Waals surface area (Å²) in [6, 6.07) is 7.88. The lowest BCUT2D eigenvalue weighted by molar-refractivity contribution is -0.139. The fourth-order valence-corrected chi connectivity index (χ4v) is 4.90. The van der Waals surface area contributed by atoms with Crippen LogP contribution in [0.25, 0.3) is 10.9 Å². The minimum Gasteiger partial charge on any atom is -0.465 e. The van der Waals surface area contributed by atoms with Gasteiger partial charge in [-0.25, -0.2) is 13.6 Å². The molecule has 0 unspecified atom stereocenters. The molecule has 4 rings (SSSR count). The number of Topliss-reactive ketones (excluding diaryl/α,β-unsaturated/α-hetero) is 1. The number of hydrogen-bond donors (Lipinski definition) is 1. The van der Waals surface area contributed by atoms with Gasteiger partial charge in [0.25, 0.3) is 0 Å². The van der Waals surface area contributed by atoms with E-state index in [1.165, 1.54) is 56.0 Å². The van der Waals surface area contributed by atoms with Crippen LogP contribution in [0.2, 0.25) is 5.02 Å². The molecule has 2 aromatic carbocycles. The van der Waals surface area contributed by atoms with E-state index < -0.39 is 35.3 Å². The number of ether oxygens (including phenoxy) is 1. The third-order valence-electron chi connectivity index (χ3n) is 6.59. The zero-order valence-electron chi connectivity index (χ0n) is 21.0. The summed E-state index contributed by atoms with van der Waals surface area (Å²) in [6.45, 7) is 1.87. The smallest absolute Gasteiger partial charge is 0.337 e. The van der Waals surface area contributed by atoms with Crippen LogP contribution in [-0.4, -0.2) is 58.4 Å². The lowest BCUT2D eigenvalue weighted by atomic mass is 10.0. The van der Waals surface area contributed by atoms with Gasteiger partial charge in [0.15, 0.2) is 5.78 Å². The summed E-state index contributed by atoms with van der Waals surface area (Å²) in [4.78, 5) is 51.8. The third-order valence-corrected chi connectivity index (χ3v) is 6.88. The third kappa shape index (κ3) is 5.40. The van der Waals surface area contributed by atoms with Crippen LogP contribution < -0.4 is 5.32 Å². The van der Waals surface area contributed by atoms with Crippen molar-refractivity contribution in [1.29, 1.82) is 0 Å². The first-order valence-electron chi connectivity index (χ1n) is 11.8. The molecule has 1 aliphatic rings. The molecule has 200 valence electrons. The van der Waals surface area contributed by atoms with Gasteiger partial charge in [-0.3, -0.25) is 14.4 Å². The molecular formula is C27H26ClF2N3O5. The second kappa shape index (κ2) is 10.5. The van der Waals surface area contributed by atoms with Gasteiger partial charge in [-0.2, -0.15) is 0 Å². The van der Waals surface area contributed by atoms with Crippen molar-refractivity contribution in [2.45, 2.75) is 45.1 Å². The first-order chi connectivity index (χ1) is 17.9. The first-order valence-corrected chi connectivity index (χ1v) is 12.2. The Hall–Kier alpha value is -3.79. The van der Waals surface area contributed by atoms with Crippen molar-refractivity contribution in [3.05, 3.63) is 70.1 Å². The van der Waals surface area contributed by atoms with Gasteiger partial charge in [-0.15, -0.1) is 0 Å². The molecule has 11 heteroatoms. The van der Waals surface area contributed by atoms with E-state index in [9.17, 15) is 23.6 Å². The largest absolute Gasteiger partial charge is 0.465 e. The Kier molecular flexibility index (Phi) is 7.55. The lowest BCUT2D eigenvalue weighted by Crippen LogP contribution is -2.46. The molecule has 1 N–H and O–H groups in total. The van der Waals surface area contributed by atoms with Crippen molar-refractivity contribution in [2.24, 2.45) is 0 Å². The van der Waals surface area contributed by atoms with E-state index in [2.05, 4.69) is 5.32 Å². The van der Waals surface area contributed by atoms with Crippen LogP contribution in [0.3, 0.4) is 0 Å². The highest BCUT2D eigenvalue weighted by molar-refractivity contribution is 6.30. The Morgan fingerprint density at radius 3 is 2.63 bits per heavy atom. The van der Waals surface area contributed by atoms with Crippen molar-refractivity contribution in [3.8, 4) is 0 Å². The number of carbonyl (C=O) groups excluding carboxylic acids is 4. The number of aromatic nitrogens is 1. The van der Waals surface area contributed by atoms with Crippen LogP contribution in [0, 0.1) is 5.82 Å². The number of methoxy groups -OCH3 is 1. The molecule has 2 atom stereocenters. The molecule has 0 bridgehead atoms. The molecule has 2 heterocycles. The van der Waals surface area contributed by atoms with Crippen molar-refractivity contribution in [1.82, 2.24) is 14.8 Å². The van der Waals surface area contributed by atoms with E-state index in [4.69, 9.17) is 16.3 Å². The van der Waals surface area contributed by atoms with Gasteiger partial charge in [0.2, 0.25) is 11.8 Å². The molecular weight excluding hydrogens is 520 g/mol. The second-order valence-electron chi connectivity index (χ2n) is 9.54. The molecule has 0 spiro atoms. The van der Waals surface area contributed by atoms with Gasteiger partial charge >= 0.3 is 5.97 Å². The predicted octanol–water partition coefficient (Wildman–Crippen LogP) is 4.07. The van der Waals surface area contributed by atoms with Gasteiger partial charge < -0.3 is 19.5 Å². The Morgan fingerprint density at radius 2 is 1.95 bits per heavy atom. The topological polar surface area (TPSA) is 97.7 Å². The molecule has 0 aliphatic carbocycles. The molecule has 0 saturated carbocycles. The highest BCUT2D eigenvalue weighted by Crippen LogP contribution is 2.32. The number of rotatable bonds is 7. The summed E-state index contributed by atoms with van der Waals surface area (Å²) in [6.07, 6.45) is 1.26. The molecule has 1 fully saturated rings. The number of nitrogens with zero attached hydrogens (tertiary/aromatic N) is 2. The molecule has 38 heavy (non-hydrogen) atoms. The van der Waals surface area contributed by atoms with E-state index in [1.54, 1.807) is 12.1 Å². The van der Waals surface area contributed by atoms with E-state index in [0.717, 1.165) is 4.90 Å². The molecule has 1 aliphatic heterocycles. The minimum atomic E-state index is -1.82. The van der Waals surface area contributed by atoms with Crippen LogP contribution in [0.1, 0.15) is 46.5 Å². The average molecular weight is 546 g/mol. The van der Waals surface area contributed by atoms with E-state index in [1.807, 2.05) is 0 Å².